The highest BCUT2D eigenvalue weighted by Gasteiger charge is 2.05. The minimum absolute atomic E-state index is 0.212. The van der Waals surface area contributed by atoms with E-state index in [-0.39, 0.29) is 5.96 Å². The number of hydrogen-bond donors (Lipinski definition) is 3. The first kappa shape index (κ1) is 27.8. The predicted molar refractivity (Wildman–Crippen MR) is 144 cm³/mol. The molecule has 0 spiro atoms. The summed E-state index contributed by atoms with van der Waals surface area (Å²) in [6, 6.07) is 14.3. The second-order valence-corrected chi connectivity index (χ2v) is 7.68. The zero-order valence-corrected chi connectivity index (χ0v) is 20.2. The van der Waals surface area contributed by atoms with Gasteiger partial charge in [-0.05, 0) is 68.7 Å². The van der Waals surface area contributed by atoms with Gasteiger partial charge in [0, 0.05) is 16.6 Å². The van der Waals surface area contributed by atoms with Crippen molar-refractivity contribution in [3.63, 3.8) is 0 Å². The van der Waals surface area contributed by atoms with Gasteiger partial charge in [0.15, 0.2) is 5.96 Å². The molecule has 1 heterocycles. The van der Waals surface area contributed by atoms with Crippen LogP contribution >= 0.6 is 0 Å². The summed E-state index contributed by atoms with van der Waals surface area (Å²) >= 11 is 0. The Hall–Kier alpha value is -4.24. The number of furan rings is 1. The molecule has 0 fully saturated rings. The Kier molecular flexibility index (Phi) is 11.5. The van der Waals surface area contributed by atoms with Crippen LogP contribution in [-0.2, 0) is 0 Å². The molecule has 6 heteroatoms. The van der Waals surface area contributed by atoms with Crippen LogP contribution in [0.1, 0.15) is 54.8 Å². The van der Waals surface area contributed by atoms with E-state index in [0.29, 0.717) is 11.3 Å². The topological polar surface area (TPSA) is 107 Å². The first-order valence-corrected chi connectivity index (χ1v) is 10.9. The smallest absolute Gasteiger partial charge is 0.248 e. The molecule has 0 aliphatic carbocycles. The molecule has 1 amide bonds. The van der Waals surface area contributed by atoms with Crippen LogP contribution in [0.4, 0.5) is 5.69 Å². The molecule has 0 bridgehead atoms. The highest BCUT2D eigenvalue weighted by atomic mass is 16.3. The Bertz CT molecular complexity index is 1170. The molecule has 3 rings (SSSR count). The van der Waals surface area contributed by atoms with Crippen LogP contribution in [0.15, 0.2) is 76.7 Å². The van der Waals surface area contributed by atoms with Crippen molar-refractivity contribution in [1.82, 2.24) is 0 Å². The van der Waals surface area contributed by atoms with Crippen LogP contribution in [-0.4, -0.2) is 11.9 Å². The number of carbonyl (C=O) groups is 1. The Morgan fingerprint density at radius 1 is 1.06 bits per heavy atom. The lowest BCUT2D eigenvalue weighted by molar-refractivity contribution is 0.100. The minimum Gasteiger partial charge on any atom is -0.461 e. The molecule has 1 aromatic heterocycles. The fourth-order valence-corrected chi connectivity index (χ4v) is 2.95. The molecule has 6 nitrogen and oxygen atoms in total. The number of anilines is 1. The summed E-state index contributed by atoms with van der Waals surface area (Å²) < 4.78 is 5.54. The van der Waals surface area contributed by atoms with Gasteiger partial charge in [0.05, 0.1) is 5.70 Å². The lowest BCUT2D eigenvalue weighted by Gasteiger charge is -2.07. The number of aliphatic imine (C=N–C) groups is 1. The van der Waals surface area contributed by atoms with Gasteiger partial charge in [-0.2, -0.15) is 0 Å². The molecule has 0 radical (unpaired) electrons. The molecule has 34 heavy (non-hydrogen) atoms. The highest BCUT2D eigenvalue weighted by Crippen LogP contribution is 2.22. The van der Waals surface area contributed by atoms with E-state index in [1.54, 1.807) is 24.3 Å². The van der Waals surface area contributed by atoms with Gasteiger partial charge < -0.3 is 21.2 Å². The largest absolute Gasteiger partial charge is 0.461 e. The second kappa shape index (κ2) is 14.0. The summed E-state index contributed by atoms with van der Waals surface area (Å²) in [5, 5.41) is 4.01. The van der Waals surface area contributed by atoms with Gasteiger partial charge in [-0.1, -0.05) is 37.6 Å². The van der Waals surface area contributed by atoms with Gasteiger partial charge in [0.25, 0.3) is 0 Å². The van der Waals surface area contributed by atoms with Crippen LogP contribution < -0.4 is 16.8 Å². The zero-order valence-electron chi connectivity index (χ0n) is 20.2. The Morgan fingerprint density at radius 2 is 1.68 bits per heavy atom. The monoisotopic (exact) mass is 458 g/mol. The van der Waals surface area contributed by atoms with Gasteiger partial charge in [-0.25, -0.2) is 4.99 Å². The average Bonchev–Trinajstić information content (AvgIpc) is 3.18. The number of fused-ring (bicyclic) bond motifs is 1. The number of rotatable bonds is 7. The van der Waals surface area contributed by atoms with E-state index in [1.807, 2.05) is 31.2 Å². The molecule has 0 aliphatic heterocycles. The van der Waals surface area contributed by atoms with E-state index in [9.17, 15) is 4.79 Å². The third-order valence-electron chi connectivity index (χ3n) is 4.63. The number of unbranched alkanes of at least 4 members (excludes halogenated alkanes) is 1. The normalized spacial score (nSPS) is 10.3. The van der Waals surface area contributed by atoms with Crippen molar-refractivity contribution in [1.29, 1.82) is 0 Å². The third kappa shape index (κ3) is 9.09. The number of benzene rings is 2. The van der Waals surface area contributed by atoms with Crippen molar-refractivity contribution >= 4 is 34.2 Å². The summed E-state index contributed by atoms with van der Waals surface area (Å²) in [5.74, 6) is 0.580. The molecule has 5 N–H and O–H groups in total. The van der Waals surface area contributed by atoms with Gasteiger partial charge in [-0.3, -0.25) is 4.79 Å². The number of terminal acetylenes is 1. The average molecular weight is 459 g/mol. The number of nitrogens with two attached hydrogens (primary N) is 2. The molecule has 0 saturated heterocycles. The van der Waals surface area contributed by atoms with Gasteiger partial charge in [0.1, 0.15) is 11.3 Å². The summed E-state index contributed by atoms with van der Waals surface area (Å²) in [6.07, 6.45) is 11.8. The van der Waals surface area contributed by atoms with Crippen LogP contribution in [0, 0.1) is 19.8 Å². The summed E-state index contributed by atoms with van der Waals surface area (Å²) in [6.45, 7) is 13.9. The maximum absolute atomic E-state index is 11.1. The number of guanidine groups is 1. The van der Waals surface area contributed by atoms with Crippen molar-refractivity contribution in [3.05, 3.63) is 84.1 Å². The second-order valence-electron chi connectivity index (χ2n) is 7.68. The molecule has 0 atom stereocenters. The molecule has 3 aromatic rings. The molecular formula is C28H34N4O2. The lowest BCUT2D eigenvalue weighted by Crippen LogP contribution is -2.22. The SMILES string of the molecule is C#C.C=C(C)CCCC.C=C(N=C(N)Nc1ccc2oc(C)cc2c1)c1ccc(C(N)=O)cc1. The zero-order chi connectivity index (χ0) is 25.7. The minimum atomic E-state index is -0.480. The van der Waals surface area contributed by atoms with Crippen molar-refractivity contribution in [2.75, 3.05) is 5.32 Å². The Morgan fingerprint density at radius 3 is 2.21 bits per heavy atom. The molecule has 0 unspecified atom stereocenters. The number of primary amides is 1. The predicted octanol–water partition coefficient (Wildman–Crippen LogP) is 6.24. The van der Waals surface area contributed by atoms with Crippen molar-refractivity contribution < 1.29 is 9.21 Å². The number of allylic oxidation sites excluding steroid dienone is 1. The van der Waals surface area contributed by atoms with Crippen molar-refractivity contribution in [2.24, 2.45) is 16.5 Å². The molecule has 178 valence electrons. The third-order valence-corrected chi connectivity index (χ3v) is 4.63. The molecule has 0 aliphatic rings. The first-order valence-electron chi connectivity index (χ1n) is 10.9. The Labute approximate surface area is 202 Å². The van der Waals surface area contributed by atoms with Crippen LogP contribution in [0.3, 0.4) is 0 Å². The Balaban J connectivity index is 0.000000553. The maximum atomic E-state index is 11.1. The summed E-state index contributed by atoms with van der Waals surface area (Å²) in [7, 11) is 0. The quantitative estimate of drug-likeness (QED) is 0.169. The summed E-state index contributed by atoms with van der Waals surface area (Å²) in [5.41, 5.74) is 15.7. The van der Waals surface area contributed by atoms with Gasteiger partial charge in [0.2, 0.25) is 5.91 Å². The van der Waals surface area contributed by atoms with Crippen LogP contribution in [0.2, 0.25) is 0 Å². The first-order chi connectivity index (χ1) is 16.2. The van der Waals surface area contributed by atoms with Crippen LogP contribution in [0.25, 0.3) is 16.7 Å². The number of carbonyl (C=O) groups excluding carboxylic acids is 1. The molecule has 0 saturated carbocycles. The van der Waals surface area contributed by atoms with E-state index in [0.717, 1.165) is 28.0 Å². The number of nitrogens with one attached hydrogen (secondary N) is 1. The fourth-order valence-electron chi connectivity index (χ4n) is 2.95. The molecular weight excluding hydrogens is 424 g/mol. The van der Waals surface area contributed by atoms with E-state index in [4.69, 9.17) is 15.9 Å². The number of amides is 1. The standard InChI is InChI=1S/C19H18N4O2.C7H14.C2H2/c1-11-9-15-10-16(7-8-17(15)25-11)23-19(21)22-12(2)13-3-5-14(6-4-13)18(20)24;1-4-5-6-7(2)3;1-2/h3-10H,2H2,1H3,(H2,20,24)(H3,21,22,23);2,4-6H2,1,3H3;1-2H. The summed E-state index contributed by atoms with van der Waals surface area (Å²) in [4.78, 5) is 15.3. The van der Waals surface area contributed by atoms with Crippen LogP contribution in [0.5, 0.6) is 0 Å². The van der Waals surface area contributed by atoms with Gasteiger partial charge in [-0.15, -0.1) is 19.4 Å². The lowest BCUT2D eigenvalue weighted by atomic mass is 10.1. The maximum Gasteiger partial charge on any atom is 0.248 e. The van der Waals surface area contributed by atoms with E-state index < -0.39 is 5.91 Å². The van der Waals surface area contributed by atoms with E-state index in [1.165, 1.54) is 24.8 Å². The van der Waals surface area contributed by atoms with Crippen molar-refractivity contribution in [2.45, 2.75) is 40.0 Å². The van der Waals surface area contributed by atoms with E-state index in [2.05, 4.69) is 50.2 Å². The highest BCUT2D eigenvalue weighted by molar-refractivity contribution is 5.97. The van der Waals surface area contributed by atoms with E-state index >= 15 is 0 Å². The number of aryl methyl sites for hydroxylation is 1. The van der Waals surface area contributed by atoms with Gasteiger partial charge >= 0.3 is 0 Å². The number of nitrogens with zero attached hydrogens (tertiary/aromatic N) is 1. The molecule has 2 aromatic carbocycles. The van der Waals surface area contributed by atoms with Crippen molar-refractivity contribution in [3.8, 4) is 12.8 Å². The number of hydrogen-bond acceptors (Lipinski definition) is 3. The fraction of sp³-hybridized carbons (Fsp3) is 0.214.